The van der Waals surface area contributed by atoms with Crippen LogP contribution < -0.4 is 10.6 Å². The normalized spacial score (nSPS) is 10.7. The highest BCUT2D eigenvalue weighted by atomic mass is 16.5. The Morgan fingerprint density at radius 2 is 1.95 bits per heavy atom. The summed E-state index contributed by atoms with van der Waals surface area (Å²) in [4.78, 5) is 20.3. The number of aromatic nitrogens is 3. The van der Waals surface area contributed by atoms with E-state index in [2.05, 4.69) is 25.8 Å². The molecular formula is C13H17N5O2. The summed E-state index contributed by atoms with van der Waals surface area (Å²) in [6.45, 7) is 7.31. The van der Waals surface area contributed by atoms with Gasteiger partial charge in [0.2, 0.25) is 0 Å². The van der Waals surface area contributed by atoms with E-state index in [-0.39, 0.29) is 11.9 Å². The molecule has 1 amide bonds. The number of carbonyl (C=O) groups excluding carboxylic acids is 1. The van der Waals surface area contributed by atoms with Gasteiger partial charge in [-0.2, -0.15) is 0 Å². The summed E-state index contributed by atoms with van der Waals surface area (Å²) >= 11 is 0. The van der Waals surface area contributed by atoms with Crippen LogP contribution in [0.5, 0.6) is 0 Å². The average molecular weight is 275 g/mol. The van der Waals surface area contributed by atoms with Gasteiger partial charge in [0.1, 0.15) is 23.1 Å². The predicted octanol–water partition coefficient (Wildman–Crippen LogP) is 1.96. The van der Waals surface area contributed by atoms with Gasteiger partial charge in [0.25, 0.3) is 5.91 Å². The Morgan fingerprint density at radius 3 is 2.55 bits per heavy atom. The minimum atomic E-state index is -0.232. The van der Waals surface area contributed by atoms with Crippen molar-refractivity contribution >= 4 is 17.5 Å². The molecule has 0 saturated carbocycles. The number of rotatable bonds is 4. The topological polar surface area (TPSA) is 92.9 Å². The lowest BCUT2D eigenvalue weighted by molar-refractivity contribution is 0.0937. The zero-order valence-electron chi connectivity index (χ0n) is 11.9. The van der Waals surface area contributed by atoms with Crippen molar-refractivity contribution in [3.05, 3.63) is 29.4 Å². The monoisotopic (exact) mass is 275 g/mol. The smallest absolute Gasteiger partial charge is 0.270 e. The van der Waals surface area contributed by atoms with Gasteiger partial charge in [-0.05, 0) is 27.7 Å². The molecule has 20 heavy (non-hydrogen) atoms. The minimum absolute atomic E-state index is 0.0485. The number of carbonyl (C=O) groups is 1. The van der Waals surface area contributed by atoms with Crippen LogP contribution in [-0.2, 0) is 0 Å². The molecule has 2 aromatic rings. The third-order valence-electron chi connectivity index (χ3n) is 2.37. The molecule has 2 heterocycles. The van der Waals surface area contributed by atoms with Crippen molar-refractivity contribution in [3.8, 4) is 0 Å². The quantitative estimate of drug-likeness (QED) is 0.886. The molecule has 0 aliphatic carbocycles. The fourth-order valence-corrected chi connectivity index (χ4v) is 1.64. The van der Waals surface area contributed by atoms with Crippen molar-refractivity contribution in [2.45, 2.75) is 33.7 Å². The summed E-state index contributed by atoms with van der Waals surface area (Å²) in [7, 11) is 0. The van der Waals surface area contributed by atoms with Crippen molar-refractivity contribution in [2.24, 2.45) is 0 Å². The number of amides is 1. The summed E-state index contributed by atoms with van der Waals surface area (Å²) < 4.78 is 4.96. The highest BCUT2D eigenvalue weighted by molar-refractivity contribution is 5.93. The van der Waals surface area contributed by atoms with E-state index in [1.165, 1.54) is 0 Å². The fraction of sp³-hybridized carbons (Fsp3) is 0.385. The molecule has 0 bridgehead atoms. The molecule has 0 unspecified atom stereocenters. The standard InChI is InChI=1S/C13H17N5O2/c1-7(2)14-13(19)10-6-11(16-9(4)15-10)17-12-5-8(3)20-18-12/h5-7H,1-4H3,(H,14,19)(H,15,16,17,18). The molecule has 7 nitrogen and oxygen atoms in total. The third-order valence-corrected chi connectivity index (χ3v) is 2.37. The van der Waals surface area contributed by atoms with Gasteiger partial charge in [-0.1, -0.05) is 5.16 Å². The van der Waals surface area contributed by atoms with Crippen molar-refractivity contribution in [3.63, 3.8) is 0 Å². The highest BCUT2D eigenvalue weighted by Crippen LogP contribution is 2.15. The predicted molar refractivity (Wildman–Crippen MR) is 73.9 cm³/mol. The first-order valence-corrected chi connectivity index (χ1v) is 6.31. The van der Waals surface area contributed by atoms with E-state index in [4.69, 9.17) is 4.52 Å². The second kappa shape index (κ2) is 5.68. The summed E-state index contributed by atoms with van der Waals surface area (Å²) in [6, 6.07) is 3.37. The summed E-state index contributed by atoms with van der Waals surface area (Å²) in [5.74, 6) is 2.00. The van der Waals surface area contributed by atoms with Gasteiger partial charge in [-0.25, -0.2) is 9.97 Å². The number of nitrogens with one attached hydrogen (secondary N) is 2. The Bertz CT molecular complexity index is 621. The van der Waals surface area contributed by atoms with Crippen LogP contribution in [0.2, 0.25) is 0 Å². The number of nitrogens with zero attached hydrogens (tertiary/aromatic N) is 3. The van der Waals surface area contributed by atoms with Crippen LogP contribution in [0.1, 0.15) is 35.9 Å². The van der Waals surface area contributed by atoms with Crippen molar-refractivity contribution in [2.75, 3.05) is 5.32 Å². The van der Waals surface area contributed by atoms with Crippen LogP contribution in [0.4, 0.5) is 11.6 Å². The van der Waals surface area contributed by atoms with E-state index >= 15 is 0 Å². The van der Waals surface area contributed by atoms with E-state index in [9.17, 15) is 4.79 Å². The number of anilines is 2. The summed E-state index contributed by atoms with van der Waals surface area (Å²) in [5.41, 5.74) is 0.314. The van der Waals surface area contributed by atoms with Gasteiger partial charge < -0.3 is 15.2 Å². The minimum Gasteiger partial charge on any atom is -0.360 e. The summed E-state index contributed by atoms with van der Waals surface area (Å²) in [5, 5.41) is 9.59. The van der Waals surface area contributed by atoms with E-state index in [1.807, 2.05) is 13.8 Å². The van der Waals surface area contributed by atoms with E-state index < -0.39 is 0 Å². The lowest BCUT2D eigenvalue weighted by Crippen LogP contribution is -2.31. The van der Waals surface area contributed by atoms with Crippen LogP contribution in [0.25, 0.3) is 0 Å². The van der Waals surface area contributed by atoms with Crippen molar-refractivity contribution < 1.29 is 9.32 Å². The molecule has 0 aromatic carbocycles. The van der Waals surface area contributed by atoms with E-state index in [0.29, 0.717) is 28.9 Å². The van der Waals surface area contributed by atoms with E-state index in [1.54, 1.807) is 26.0 Å². The molecule has 7 heteroatoms. The largest absolute Gasteiger partial charge is 0.360 e. The first-order valence-electron chi connectivity index (χ1n) is 6.31. The molecule has 0 atom stereocenters. The first kappa shape index (κ1) is 14.0. The van der Waals surface area contributed by atoms with Gasteiger partial charge in [-0.3, -0.25) is 4.79 Å². The van der Waals surface area contributed by atoms with Gasteiger partial charge >= 0.3 is 0 Å². The maximum Gasteiger partial charge on any atom is 0.270 e. The summed E-state index contributed by atoms with van der Waals surface area (Å²) in [6.07, 6.45) is 0. The average Bonchev–Trinajstić information content (AvgIpc) is 2.73. The Labute approximate surface area is 116 Å². The Hall–Kier alpha value is -2.44. The Balaban J connectivity index is 2.22. The Kier molecular flexibility index (Phi) is 3.97. The zero-order chi connectivity index (χ0) is 14.7. The van der Waals surface area contributed by atoms with Crippen LogP contribution in [-0.4, -0.2) is 27.1 Å². The molecule has 0 saturated heterocycles. The first-order chi connectivity index (χ1) is 9.44. The lowest BCUT2D eigenvalue weighted by Gasteiger charge is -2.09. The second-order valence-electron chi connectivity index (χ2n) is 4.76. The number of hydrogen-bond donors (Lipinski definition) is 2. The van der Waals surface area contributed by atoms with Gasteiger partial charge in [-0.15, -0.1) is 0 Å². The van der Waals surface area contributed by atoms with Crippen LogP contribution in [0, 0.1) is 13.8 Å². The maximum absolute atomic E-state index is 12.0. The van der Waals surface area contributed by atoms with Gasteiger partial charge in [0.15, 0.2) is 5.82 Å². The maximum atomic E-state index is 12.0. The van der Waals surface area contributed by atoms with E-state index in [0.717, 1.165) is 0 Å². The molecule has 0 aliphatic heterocycles. The van der Waals surface area contributed by atoms with Crippen LogP contribution in [0.15, 0.2) is 16.7 Å². The molecule has 0 fully saturated rings. The SMILES string of the molecule is Cc1nc(Nc2cc(C)on2)cc(C(=O)NC(C)C)n1. The van der Waals surface area contributed by atoms with Gasteiger partial charge in [0, 0.05) is 18.2 Å². The van der Waals surface area contributed by atoms with Crippen LogP contribution in [0.3, 0.4) is 0 Å². The molecular weight excluding hydrogens is 258 g/mol. The molecule has 0 spiro atoms. The Morgan fingerprint density at radius 1 is 1.20 bits per heavy atom. The molecule has 2 aromatic heterocycles. The van der Waals surface area contributed by atoms with Gasteiger partial charge in [0.05, 0.1) is 0 Å². The third kappa shape index (κ3) is 3.53. The number of aryl methyl sites for hydroxylation is 2. The molecule has 106 valence electrons. The molecule has 0 radical (unpaired) electrons. The highest BCUT2D eigenvalue weighted by Gasteiger charge is 2.12. The van der Waals surface area contributed by atoms with Crippen LogP contribution >= 0.6 is 0 Å². The molecule has 0 aliphatic rings. The zero-order valence-corrected chi connectivity index (χ0v) is 11.9. The fourth-order valence-electron chi connectivity index (χ4n) is 1.64. The molecule has 2 rings (SSSR count). The van der Waals surface area contributed by atoms with Crippen molar-refractivity contribution in [1.29, 1.82) is 0 Å². The lowest BCUT2D eigenvalue weighted by atomic mass is 10.3. The second-order valence-corrected chi connectivity index (χ2v) is 4.76. The van der Waals surface area contributed by atoms with Crippen molar-refractivity contribution in [1.82, 2.24) is 20.4 Å². The molecule has 2 N–H and O–H groups in total. The number of hydrogen-bond acceptors (Lipinski definition) is 6.